The highest BCUT2D eigenvalue weighted by Crippen LogP contribution is 2.24. The predicted molar refractivity (Wildman–Crippen MR) is 360 cm³/mol. The Balaban J connectivity index is 1.35. The molecule has 24 heteroatoms. The Hall–Kier alpha value is -8.61. The van der Waals surface area contributed by atoms with E-state index in [2.05, 4.69) is 62.8 Å². The molecule has 504 valence electrons. The summed E-state index contributed by atoms with van der Waals surface area (Å²) in [6.45, 7) is 11.7. The van der Waals surface area contributed by atoms with Gasteiger partial charge in [-0.2, -0.15) is 0 Å². The van der Waals surface area contributed by atoms with Crippen LogP contribution in [-0.2, 0) is 62.4 Å². The lowest BCUT2D eigenvalue weighted by molar-refractivity contribution is -0.136. The molecule has 6 aromatic rings. The zero-order valence-corrected chi connectivity index (χ0v) is 54.7. The number of amides is 9. The fourth-order valence-electron chi connectivity index (χ4n) is 11.9. The van der Waals surface area contributed by atoms with Gasteiger partial charge >= 0.3 is 0 Å². The van der Waals surface area contributed by atoms with Crippen LogP contribution in [0.2, 0.25) is 0 Å². The molecule has 1 fully saturated rings. The van der Waals surface area contributed by atoms with Gasteiger partial charge in [0, 0.05) is 70.6 Å². The Labute approximate surface area is 544 Å². The molecule has 0 radical (unpaired) electrons. The number of aromatic amines is 3. The molecule has 3 aromatic carbocycles. The molecule has 9 amide bonds. The predicted octanol–water partition coefficient (Wildman–Crippen LogP) is 4.06. The number of carbonyl (C=O) groups is 9. The van der Waals surface area contributed by atoms with Crippen molar-refractivity contribution in [3.63, 3.8) is 0 Å². The number of fused-ring (bicyclic) bond motifs is 3. The molecule has 0 spiro atoms. The number of H-pyrrole nitrogens is 3. The molecule has 4 heterocycles. The Morgan fingerprint density at radius 3 is 0.806 bits per heavy atom. The van der Waals surface area contributed by atoms with Crippen LogP contribution in [-0.4, -0.2) is 142 Å². The molecule has 1 aliphatic rings. The Kier molecular flexibility index (Phi) is 27.4. The first kappa shape index (κ1) is 71.8. The van der Waals surface area contributed by atoms with E-state index in [-0.39, 0.29) is 58.2 Å². The lowest BCUT2D eigenvalue weighted by Gasteiger charge is -2.30. The van der Waals surface area contributed by atoms with Gasteiger partial charge in [-0.1, -0.05) is 115 Å². The highest BCUT2D eigenvalue weighted by molar-refractivity contribution is 6.00. The molecule has 7 rings (SSSR count). The first-order chi connectivity index (χ1) is 44.8. The summed E-state index contributed by atoms with van der Waals surface area (Å²) in [6.07, 6.45) is 9.09. The average Bonchev–Trinajstić information content (AvgIpc) is 1.80. The van der Waals surface area contributed by atoms with Gasteiger partial charge in [-0.05, 0) is 130 Å². The van der Waals surface area contributed by atoms with E-state index >= 15 is 43.2 Å². The average molecular weight is 1280 g/mol. The van der Waals surface area contributed by atoms with Crippen LogP contribution in [0.3, 0.4) is 0 Å². The molecule has 3 aromatic heterocycles. The molecule has 24 nitrogen and oxygen atoms in total. The highest BCUT2D eigenvalue weighted by Gasteiger charge is 2.39. The van der Waals surface area contributed by atoms with Crippen molar-refractivity contribution in [2.45, 2.75) is 192 Å². The molecule has 1 aliphatic heterocycles. The lowest BCUT2D eigenvalue weighted by atomic mass is 9.95. The maximum absolute atomic E-state index is 15.2. The van der Waals surface area contributed by atoms with Crippen LogP contribution >= 0.6 is 0 Å². The zero-order chi connectivity index (χ0) is 67.1. The summed E-state index contributed by atoms with van der Waals surface area (Å²) in [6, 6.07) is 10.7. The quantitative estimate of drug-likeness (QED) is 0.0382. The van der Waals surface area contributed by atoms with Crippen LogP contribution in [0, 0.1) is 17.8 Å². The summed E-state index contributed by atoms with van der Waals surface area (Å²) >= 11 is 0. The minimum atomic E-state index is -1.35. The van der Waals surface area contributed by atoms with Gasteiger partial charge in [0.1, 0.15) is 54.4 Å². The summed E-state index contributed by atoms with van der Waals surface area (Å²) in [5.74, 6) is -8.06. The van der Waals surface area contributed by atoms with Crippen molar-refractivity contribution in [3.8, 4) is 0 Å². The number of rotatable bonds is 24. The van der Waals surface area contributed by atoms with E-state index in [9.17, 15) is 0 Å². The van der Waals surface area contributed by atoms with Crippen LogP contribution < -0.4 is 65.1 Å². The number of nitrogens with one attached hydrogen (secondary N) is 12. The van der Waals surface area contributed by atoms with Crippen LogP contribution in [0.15, 0.2) is 91.4 Å². The van der Waals surface area contributed by atoms with E-state index in [1.165, 1.54) is 0 Å². The Morgan fingerprint density at radius 2 is 0.559 bits per heavy atom. The van der Waals surface area contributed by atoms with Gasteiger partial charge in [0.05, 0.1) is 0 Å². The topological polar surface area (TPSA) is 387 Å². The first-order valence-corrected chi connectivity index (χ1v) is 33.3. The molecule has 12 atom stereocenters. The summed E-state index contributed by atoms with van der Waals surface area (Å²) in [5.41, 5.74) is 22.2. The Morgan fingerprint density at radius 1 is 0.323 bits per heavy atom. The highest BCUT2D eigenvalue weighted by atomic mass is 16.2. The second-order valence-corrected chi connectivity index (χ2v) is 25.0. The molecule has 0 bridgehead atoms. The number of para-hydroxylation sites is 3. The first-order valence-electron chi connectivity index (χ1n) is 33.3. The van der Waals surface area contributed by atoms with Gasteiger partial charge in [-0.3, -0.25) is 43.2 Å². The minimum Gasteiger partial charge on any atom is -0.361 e. The van der Waals surface area contributed by atoms with Crippen LogP contribution in [0.25, 0.3) is 32.7 Å². The van der Waals surface area contributed by atoms with E-state index in [4.69, 9.17) is 17.2 Å². The largest absolute Gasteiger partial charge is 0.361 e. The second-order valence-electron chi connectivity index (χ2n) is 25.0. The maximum atomic E-state index is 15.2. The van der Waals surface area contributed by atoms with Crippen LogP contribution in [0.1, 0.15) is 135 Å². The fraction of sp³-hybridized carbons (Fsp3) is 0.522. The summed E-state index contributed by atoms with van der Waals surface area (Å²) in [5, 5.41) is 28.7. The molecular weight excluding hydrogens is 1180 g/mol. The third kappa shape index (κ3) is 19.5. The molecule has 1 saturated heterocycles. The molecule has 18 N–H and O–H groups in total. The monoisotopic (exact) mass is 1280 g/mol. The van der Waals surface area contributed by atoms with Gasteiger partial charge in [-0.15, -0.1) is 0 Å². The van der Waals surface area contributed by atoms with Crippen LogP contribution in [0.4, 0.5) is 0 Å². The van der Waals surface area contributed by atoms with Gasteiger partial charge in [0.15, 0.2) is 0 Å². The normalized spacial score (nSPS) is 23.3. The van der Waals surface area contributed by atoms with Crippen molar-refractivity contribution in [1.82, 2.24) is 62.8 Å². The van der Waals surface area contributed by atoms with E-state index in [1.54, 1.807) is 39.4 Å². The van der Waals surface area contributed by atoms with Crippen molar-refractivity contribution in [2.75, 3.05) is 19.6 Å². The molecule has 0 saturated carbocycles. The number of aromatic nitrogens is 3. The molecule has 0 aliphatic carbocycles. The third-order valence-corrected chi connectivity index (χ3v) is 18.3. The number of carbonyl (C=O) groups excluding carboxylic acids is 9. The SMILES string of the molecule is CC[C@H](C)[C@@H]1NC(=O)[C@H](Cc2c[nH]c3ccccc23)NC(=O)[C@H](CCCCN)NC(=O)[C@H]([C@@H](C)CC)NC(=O)[C@H](Cc2c[nH]c3ccccc23)NC(=O)[C@H](CCCCN)NC(=O)[C@H]([C@@H](C)CC)NC(=O)[C@H](Cc2c[nH]c3ccccc23)NC(=O)[C@H](CCCCN)NC1=O. The lowest BCUT2D eigenvalue weighted by Crippen LogP contribution is -2.62. The fourth-order valence-corrected chi connectivity index (χ4v) is 11.9. The van der Waals surface area contributed by atoms with Crippen molar-refractivity contribution < 1.29 is 43.2 Å². The van der Waals surface area contributed by atoms with Crippen molar-refractivity contribution >= 4 is 85.9 Å². The summed E-state index contributed by atoms with van der Waals surface area (Å²) in [7, 11) is 0. The second kappa shape index (κ2) is 35.4. The minimum absolute atomic E-state index is 0.0636. The maximum Gasteiger partial charge on any atom is 0.243 e. The van der Waals surface area contributed by atoms with E-state index < -0.39 is 125 Å². The van der Waals surface area contributed by atoms with Crippen molar-refractivity contribution in [1.29, 1.82) is 0 Å². The van der Waals surface area contributed by atoms with Crippen molar-refractivity contribution in [2.24, 2.45) is 35.0 Å². The molecular formula is C69H99N15O9. The van der Waals surface area contributed by atoms with E-state index in [0.29, 0.717) is 74.5 Å². The number of hydrogen-bond donors (Lipinski definition) is 15. The van der Waals surface area contributed by atoms with Gasteiger partial charge in [-0.25, -0.2) is 0 Å². The number of unbranched alkanes of at least 4 members (excludes halogenated alkanes) is 3. The van der Waals surface area contributed by atoms with E-state index in [0.717, 1.165) is 32.7 Å². The van der Waals surface area contributed by atoms with Crippen LogP contribution in [0.5, 0.6) is 0 Å². The smallest absolute Gasteiger partial charge is 0.243 e. The third-order valence-electron chi connectivity index (χ3n) is 18.3. The van der Waals surface area contributed by atoms with Gasteiger partial charge in [0.25, 0.3) is 0 Å². The molecule has 0 unspecified atom stereocenters. The Bertz CT molecular complexity index is 3130. The van der Waals surface area contributed by atoms with E-state index in [1.807, 2.05) is 93.6 Å². The van der Waals surface area contributed by atoms with Gasteiger partial charge < -0.3 is 80.0 Å². The standard InChI is InChI=1S/C69H99N15O9/c1-7-40(4)58-67(91)76-52(28-16-19-31-70)61(85)80-56(35-44-38-74-50-26-14-11-23-47(44)50)65(89)83-60(42(6)9-3)69(93)78-54(30-18-21-33-72)63(87)81-57(36-45-39-75-51-27-15-12-24-48(45)51)66(90)84-59(41(5)8-2)68(92)77-53(29-17-20-32-71)62(86)79-55(64(88)82-58)34-43-37-73-49-25-13-10-22-46(43)49/h10-15,22-27,37-42,52-60,73-75H,7-9,16-21,28-36,70-72H2,1-6H3,(H,76,91)(H,77,92)(H,78,93)(H,79,86)(H,80,85)(H,81,87)(H,82,88)(H,83,89)(H,84,90)/t40-,41-,42-,52-,53-,54-,55-,56-,57-,58-,59-,60-/m0/s1. The summed E-state index contributed by atoms with van der Waals surface area (Å²) in [4.78, 5) is 145. The number of hydrogen-bond acceptors (Lipinski definition) is 12. The number of benzene rings is 3. The molecule has 93 heavy (non-hydrogen) atoms. The van der Waals surface area contributed by atoms with Crippen molar-refractivity contribution in [3.05, 3.63) is 108 Å². The van der Waals surface area contributed by atoms with Gasteiger partial charge in [0.2, 0.25) is 53.2 Å². The summed E-state index contributed by atoms with van der Waals surface area (Å²) < 4.78 is 0. The number of nitrogens with two attached hydrogens (primary N) is 3. The zero-order valence-electron chi connectivity index (χ0n) is 54.7.